The van der Waals surface area contributed by atoms with Gasteiger partial charge >= 0.3 is 0 Å². The Balaban J connectivity index is 0.000000236. The lowest BCUT2D eigenvalue weighted by molar-refractivity contribution is 0.100. The summed E-state index contributed by atoms with van der Waals surface area (Å²) in [6.07, 6.45) is 0.376. The molecule has 4 heterocycles. The molecule has 424 valence electrons. The maximum absolute atomic E-state index is 13.4. The van der Waals surface area contributed by atoms with Gasteiger partial charge in [-0.2, -0.15) is 10.2 Å². The number of carbonyl (C=O) groups excluding carboxylic acids is 2. The summed E-state index contributed by atoms with van der Waals surface area (Å²) >= 11 is 5.68. The van der Waals surface area contributed by atoms with Crippen molar-refractivity contribution in [2.45, 2.75) is 52.4 Å². The van der Waals surface area contributed by atoms with Crippen molar-refractivity contribution < 1.29 is 26.4 Å². The van der Waals surface area contributed by atoms with Crippen LogP contribution in [0.1, 0.15) is 84.7 Å². The number of pyridine rings is 2. The van der Waals surface area contributed by atoms with Crippen LogP contribution in [0.15, 0.2) is 125 Å². The predicted octanol–water partition coefficient (Wildman–Crippen LogP) is 13.0. The maximum atomic E-state index is 13.4. The minimum Gasteiger partial charge on any atom is -0.378 e. The van der Waals surface area contributed by atoms with Crippen LogP contribution in [0.5, 0.6) is 0 Å². The molecule has 8 rings (SSSR count). The highest BCUT2D eigenvalue weighted by atomic mass is 35.5. The third-order valence-electron chi connectivity index (χ3n) is 12.9. The lowest BCUT2D eigenvalue weighted by atomic mass is 9.97. The first-order valence-electron chi connectivity index (χ1n) is 25.9. The number of nitrogens with zero attached hydrogens (tertiary/aromatic N) is 17. The van der Waals surface area contributed by atoms with Gasteiger partial charge in [-0.3, -0.25) is 9.59 Å². The van der Waals surface area contributed by atoms with E-state index in [1.165, 1.54) is 0 Å². The largest absolute Gasteiger partial charge is 0.378 e. The zero-order chi connectivity index (χ0) is 59.5. The highest BCUT2D eigenvalue weighted by Crippen LogP contribution is 2.39. The van der Waals surface area contributed by atoms with Crippen LogP contribution in [0, 0.1) is 0 Å². The van der Waals surface area contributed by atoms with Crippen LogP contribution in [0.25, 0.3) is 87.0 Å². The molecule has 0 amide bonds. The summed E-state index contributed by atoms with van der Waals surface area (Å²) in [5.74, 6) is -2.94. The second kappa shape index (κ2) is 26.6. The first kappa shape index (κ1) is 60.8. The monoisotopic (exact) mass is 1170 g/mol. The van der Waals surface area contributed by atoms with Gasteiger partial charge in [0.15, 0.2) is 42.5 Å². The van der Waals surface area contributed by atoms with Gasteiger partial charge in [-0.15, -0.1) is 11.6 Å². The van der Waals surface area contributed by atoms with Crippen molar-refractivity contribution in [1.82, 2.24) is 29.5 Å². The highest BCUT2D eigenvalue weighted by molar-refractivity contribution is 7.92. The minimum atomic E-state index is -3.79. The molecule has 0 aliphatic carbocycles. The Hall–Kier alpha value is -8.82. The Kier molecular flexibility index (Phi) is 19.8. The zero-order valence-electron chi connectivity index (χ0n) is 46.5. The van der Waals surface area contributed by atoms with Crippen LogP contribution in [-0.2, 0) is 19.7 Å². The van der Waals surface area contributed by atoms with Crippen LogP contribution < -0.4 is 9.80 Å². The van der Waals surface area contributed by atoms with E-state index in [0.29, 0.717) is 39.4 Å². The van der Waals surface area contributed by atoms with E-state index in [1.807, 2.05) is 114 Å². The fourth-order valence-electron chi connectivity index (χ4n) is 8.88. The van der Waals surface area contributed by atoms with Crippen molar-refractivity contribution in [3.05, 3.63) is 163 Å². The van der Waals surface area contributed by atoms with Crippen LogP contribution >= 0.6 is 11.6 Å². The van der Waals surface area contributed by atoms with Crippen LogP contribution in [-0.4, -0.2) is 122 Å². The average molecular weight is 1170 g/mol. The van der Waals surface area contributed by atoms with E-state index >= 15 is 0 Å². The number of halogens is 1. The number of alkyl halides is 1. The quantitative estimate of drug-likeness (QED) is 0.0144. The molecule has 0 fully saturated rings. The van der Waals surface area contributed by atoms with E-state index in [-0.39, 0.29) is 60.0 Å². The van der Waals surface area contributed by atoms with Crippen LogP contribution in [0.4, 0.5) is 22.7 Å². The van der Waals surface area contributed by atoms with Gasteiger partial charge in [0.25, 0.3) is 0 Å². The molecule has 0 atom stereocenters. The smallest absolute Gasteiger partial charge is 0.196 e. The van der Waals surface area contributed by atoms with Crippen molar-refractivity contribution in [1.29, 1.82) is 0 Å². The molecule has 0 aliphatic heterocycles. The number of hydrogen-bond acceptors (Lipinski definition) is 15. The molecule has 4 aromatic heterocycles. The fourth-order valence-corrected chi connectivity index (χ4v) is 11.7. The molecule has 0 aliphatic rings. The van der Waals surface area contributed by atoms with Gasteiger partial charge in [0.2, 0.25) is 0 Å². The number of sulfone groups is 2. The van der Waals surface area contributed by atoms with Gasteiger partial charge in [0.1, 0.15) is 22.9 Å². The minimum absolute atomic E-state index is 0.00760. The molecule has 0 saturated carbocycles. The predicted molar refractivity (Wildman–Crippen MR) is 323 cm³/mol. The number of hydrogen-bond donors (Lipinski definition) is 0. The summed E-state index contributed by atoms with van der Waals surface area (Å²) in [6, 6.07) is 32.5. The second-order valence-electron chi connectivity index (χ2n) is 20.1. The summed E-state index contributed by atoms with van der Waals surface area (Å²) < 4.78 is 54.1. The number of carbonyl (C=O) groups is 2. The summed E-state index contributed by atoms with van der Waals surface area (Å²) in [5.41, 5.74) is 35.5. The third kappa shape index (κ3) is 14.6. The van der Waals surface area contributed by atoms with Gasteiger partial charge in [-0.25, -0.2) is 36.2 Å². The number of ketones is 2. The number of benzene rings is 4. The van der Waals surface area contributed by atoms with Crippen molar-refractivity contribution in [3.8, 4) is 33.6 Å². The van der Waals surface area contributed by atoms with Gasteiger partial charge in [-0.05, 0) is 112 Å². The molecular weight excluding hydrogens is 1110 g/mol. The Morgan fingerprint density at radius 1 is 0.585 bits per heavy atom. The first-order chi connectivity index (χ1) is 39.1. The standard InChI is InChI=1S/C28H30ClN7O3S.C28H30N10O3S/c1-18(2)27-26-23(19-9-11-20(12-10-19)32-34-30)16-24(25(37)17-40(38,39)14-6-13-29)31-28(26)36(33-27)22-8-5-7-21(15-22)35(3)4;1-18(2)27-26-23(19-9-11-20(12-10-19)33-36-30)16-24(25(39)17-42(40,41)14-6-13-31-35-29)32-28(26)38(34-27)22-8-5-7-21(15-22)37(3)4/h5,7-12,15-16,18H,6,13-14,17H2,1-4H3;5,7-12,15-16,18H,6,13-14,17H2,1-4H3. The topological polar surface area (TPSA) is 317 Å². The summed E-state index contributed by atoms with van der Waals surface area (Å²) in [7, 11) is 0.293. The second-order valence-corrected chi connectivity index (χ2v) is 24.8. The fraction of sp³-hybridized carbons (Fsp3) is 0.321. The lowest BCUT2D eigenvalue weighted by Gasteiger charge is -2.14. The summed E-state index contributed by atoms with van der Waals surface area (Å²) in [6.45, 7) is 8.10. The number of anilines is 2. The molecule has 0 spiro atoms. The molecule has 26 heteroatoms. The normalized spacial score (nSPS) is 11.4. The average Bonchev–Trinajstić information content (AvgIpc) is 4.03. The van der Waals surface area contributed by atoms with Gasteiger partial charge in [-0.1, -0.05) is 104 Å². The van der Waals surface area contributed by atoms with E-state index in [1.54, 1.807) is 70.0 Å². The highest BCUT2D eigenvalue weighted by Gasteiger charge is 2.28. The van der Waals surface area contributed by atoms with Crippen LogP contribution in [0.2, 0.25) is 0 Å². The lowest BCUT2D eigenvalue weighted by Crippen LogP contribution is -2.20. The molecule has 0 radical (unpaired) electrons. The number of rotatable bonds is 23. The molecule has 0 bridgehead atoms. The van der Waals surface area contributed by atoms with E-state index in [4.69, 9.17) is 48.4 Å². The Labute approximate surface area is 479 Å². The van der Waals surface area contributed by atoms with Crippen molar-refractivity contribution >= 4 is 87.7 Å². The first-order valence-corrected chi connectivity index (χ1v) is 30.0. The molecular formula is C56H60ClN17O6S2. The van der Waals surface area contributed by atoms with E-state index < -0.39 is 42.7 Å². The van der Waals surface area contributed by atoms with Gasteiger partial charge in [0, 0.05) is 78.1 Å². The molecule has 0 N–H and O–H groups in total. The molecule has 0 unspecified atom stereocenters. The van der Waals surface area contributed by atoms with Crippen molar-refractivity contribution in [2.24, 2.45) is 15.3 Å². The van der Waals surface area contributed by atoms with Gasteiger partial charge < -0.3 is 9.80 Å². The number of fused-ring (bicyclic) bond motifs is 2. The number of aromatic nitrogens is 6. The van der Waals surface area contributed by atoms with E-state index in [9.17, 15) is 26.4 Å². The van der Waals surface area contributed by atoms with E-state index in [2.05, 4.69) is 30.1 Å². The molecule has 23 nitrogen and oxygen atoms in total. The SMILES string of the molecule is CC(C)c1nn(-c2cccc(N(C)C)c2)c2nc(C(=O)CS(=O)(=O)CCCCl)cc(-c3ccc(N=[N+]=[N-])cc3)c12.CC(C)c1nn(-c2cccc(N(C)C)c2)c2nc(C(=O)CS(=O)(=O)CCCN=[N+]=[N-])cc(-c3ccc(N=[N+]=[N-])cc3)c12. The number of azide groups is 3. The summed E-state index contributed by atoms with van der Waals surface area (Å²) in [5, 5.41) is 22.0. The van der Waals surface area contributed by atoms with Crippen LogP contribution in [0.3, 0.4) is 0 Å². The molecule has 82 heavy (non-hydrogen) atoms. The van der Waals surface area contributed by atoms with Crippen molar-refractivity contribution in [3.63, 3.8) is 0 Å². The Bertz CT molecular complexity index is 4070. The Morgan fingerprint density at radius 2 is 0.988 bits per heavy atom. The molecule has 4 aromatic carbocycles. The number of Topliss-reactive ketones (excluding diaryl/α,β-unsaturated/α-hetero) is 2. The summed E-state index contributed by atoms with van der Waals surface area (Å²) in [4.78, 5) is 48.4. The van der Waals surface area contributed by atoms with Crippen molar-refractivity contribution in [2.75, 3.05) is 73.4 Å². The Morgan fingerprint density at radius 3 is 1.34 bits per heavy atom. The maximum Gasteiger partial charge on any atom is 0.196 e. The van der Waals surface area contributed by atoms with Gasteiger partial charge in [0.05, 0.1) is 45.0 Å². The van der Waals surface area contributed by atoms with E-state index in [0.717, 1.165) is 50.5 Å². The molecule has 8 aromatic rings. The zero-order valence-corrected chi connectivity index (χ0v) is 48.8. The molecule has 0 saturated heterocycles. The third-order valence-corrected chi connectivity index (χ3v) is 16.4.